The van der Waals surface area contributed by atoms with Crippen LogP contribution in [-0.2, 0) is 4.74 Å². The predicted octanol–water partition coefficient (Wildman–Crippen LogP) is 5.38. The largest absolute Gasteiger partial charge is 0.448 e. The van der Waals surface area contributed by atoms with E-state index in [-0.39, 0.29) is 24.1 Å². The molecule has 2 unspecified atom stereocenters. The topological polar surface area (TPSA) is 73.6 Å². The van der Waals surface area contributed by atoms with Crippen LogP contribution in [0.1, 0.15) is 68.4 Å². The second-order valence-electron chi connectivity index (χ2n) is 9.59. The summed E-state index contributed by atoms with van der Waals surface area (Å²) >= 11 is 0. The van der Waals surface area contributed by atoms with E-state index in [0.29, 0.717) is 32.3 Å². The van der Waals surface area contributed by atoms with Gasteiger partial charge in [0.2, 0.25) is 0 Å². The van der Waals surface area contributed by atoms with Gasteiger partial charge >= 0.3 is 6.09 Å². The molecule has 5 heteroatoms. The Hall–Kier alpha value is -2.84. The molecule has 1 N–H and O–H groups in total. The van der Waals surface area contributed by atoms with Gasteiger partial charge in [0.1, 0.15) is 6.61 Å². The van der Waals surface area contributed by atoms with Gasteiger partial charge < -0.3 is 14.7 Å². The van der Waals surface area contributed by atoms with E-state index in [0.717, 1.165) is 25.7 Å². The molecule has 0 saturated carbocycles. The first kappa shape index (κ1) is 21.0. The lowest BCUT2D eigenvalue weighted by Crippen LogP contribution is -2.53. The SMILES string of the molecule is N#CCCCCC1(O)CC2CCC(C1)N2C(=O)OCC1c2ccccc2-c2ccccc21. The third-order valence-corrected chi connectivity index (χ3v) is 7.58. The highest BCUT2D eigenvalue weighted by atomic mass is 16.6. The van der Waals surface area contributed by atoms with Crippen LogP contribution in [0.2, 0.25) is 0 Å². The smallest absolute Gasteiger partial charge is 0.410 e. The summed E-state index contributed by atoms with van der Waals surface area (Å²) in [6.45, 7) is 0.335. The third-order valence-electron chi connectivity index (χ3n) is 7.58. The number of aliphatic hydroxyl groups is 1. The molecule has 32 heavy (non-hydrogen) atoms. The van der Waals surface area contributed by atoms with Gasteiger partial charge in [0.25, 0.3) is 0 Å². The fourth-order valence-corrected chi connectivity index (χ4v) is 6.15. The van der Waals surface area contributed by atoms with Crippen LogP contribution in [0.4, 0.5) is 4.79 Å². The number of benzene rings is 2. The normalized spacial score (nSPS) is 25.8. The molecule has 3 aliphatic rings. The number of piperidine rings is 1. The number of nitrogens with zero attached hydrogens (tertiary/aromatic N) is 2. The quantitative estimate of drug-likeness (QED) is 0.625. The van der Waals surface area contributed by atoms with E-state index < -0.39 is 5.60 Å². The summed E-state index contributed by atoms with van der Waals surface area (Å²) in [4.78, 5) is 15.0. The fourth-order valence-electron chi connectivity index (χ4n) is 6.15. The molecule has 5 nitrogen and oxygen atoms in total. The number of ether oxygens (including phenoxy) is 1. The number of hydrogen-bond acceptors (Lipinski definition) is 4. The van der Waals surface area contributed by atoms with Crippen LogP contribution in [0.5, 0.6) is 0 Å². The average molecular weight is 431 g/mol. The molecule has 2 aromatic carbocycles. The van der Waals surface area contributed by atoms with Crippen LogP contribution < -0.4 is 0 Å². The first-order valence-electron chi connectivity index (χ1n) is 11.8. The molecule has 166 valence electrons. The molecule has 2 aliphatic heterocycles. The Labute approximate surface area is 189 Å². The number of hydrogen-bond donors (Lipinski definition) is 1. The summed E-state index contributed by atoms with van der Waals surface area (Å²) in [6, 6.07) is 19.0. The number of unbranched alkanes of at least 4 members (excludes halogenated alkanes) is 2. The van der Waals surface area contributed by atoms with Gasteiger partial charge in [-0.1, -0.05) is 48.5 Å². The lowest BCUT2D eigenvalue weighted by Gasteiger charge is -2.43. The molecular weight excluding hydrogens is 400 g/mol. The molecule has 0 spiro atoms. The van der Waals surface area contributed by atoms with Crippen molar-refractivity contribution in [2.24, 2.45) is 0 Å². The number of amides is 1. The number of fused-ring (bicyclic) bond motifs is 5. The highest BCUT2D eigenvalue weighted by molar-refractivity contribution is 5.79. The van der Waals surface area contributed by atoms with Crippen LogP contribution in [0.15, 0.2) is 48.5 Å². The van der Waals surface area contributed by atoms with Crippen molar-refractivity contribution < 1.29 is 14.6 Å². The summed E-state index contributed by atoms with van der Waals surface area (Å²) in [5.74, 6) is 0.0610. The highest BCUT2D eigenvalue weighted by Crippen LogP contribution is 2.46. The Morgan fingerprint density at radius 2 is 1.62 bits per heavy atom. The molecule has 1 amide bonds. The van der Waals surface area contributed by atoms with Gasteiger partial charge in [-0.3, -0.25) is 0 Å². The van der Waals surface area contributed by atoms with E-state index in [2.05, 4.69) is 42.5 Å². The average Bonchev–Trinajstić information content (AvgIpc) is 3.28. The lowest BCUT2D eigenvalue weighted by molar-refractivity contribution is -0.0547. The van der Waals surface area contributed by atoms with E-state index in [1.54, 1.807) is 0 Å². The Bertz CT molecular complexity index is 984. The van der Waals surface area contributed by atoms with Gasteiger partial charge in [-0.25, -0.2) is 4.79 Å². The molecule has 2 heterocycles. The van der Waals surface area contributed by atoms with Gasteiger partial charge in [-0.15, -0.1) is 0 Å². The van der Waals surface area contributed by atoms with Crippen molar-refractivity contribution in [2.45, 2.75) is 75.0 Å². The maximum Gasteiger partial charge on any atom is 0.410 e. The molecule has 2 bridgehead atoms. The molecule has 0 aromatic heterocycles. The van der Waals surface area contributed by atoms with Crippen molar-refractivity contribution in [1.82, 2.24) is 4.90 Å². The van der Waals surface area contributed by atoms with E-state index in [4.69, 9.17) is 10.00 Å². The summed E-state index contributed by atoms with van der Waals surface area (Å²) in [6.07, 6.45) is 5.75. The molecule has 5 rings (SSSR count). The zero-order valence-electron chi connectivity index (χ0n) is 18.4. The Morgan fingerprint density at radius 3 is 2.22 bits per heavy atom. The second-order valence-corrected chi connectivity index (χ2v) is 9.59. The van der Waals surface area contributed by atoms with E-state index in [1.807, 2.05) is 17.0 Å². The van der Waals surface area contributed by atoms with Crippen LogP contribution in [0.25, 0.3) is 11.1 Å². The van der Waals surface area contributed by atoms with Crippen LogP contribution >= 0.6 is 0 Å². The molecule has 1 aliphatic carbocycles. The molecule has 2 aromatic rings. The summed E-state index contributed by atoms with van der Waals surface area (Å²) in [5, 5.41) is 19.8. The summed E-state index contributed by atoms with van der Waals surface area (Å²) in [5.41, 5.74) is 4.17. The molecule has 2 saturated heterocycles. The lowest BCUT2D eigenvalue weighted by atomic mass is 9.82. The highest BCUT2D eigenvalue weighted by Gasteiger charge is 2.49. The second kappa shape index (κ2) is 8.60. The Morgan fingerprint density at radius 1 is 1.03 bits per heavy atom. The van der Waals surface area contributed by atoms with Gasteiger partial charge in [0, 0.05) is 24.4 Å². The van der Waals surface area contributed by atoms with Crippen LogP contribution in [0.3, 0.4) is 0 Å². The minimum Gasteiger partial charge on any atom is -0.448 e. The Kier molecular flexibility index (Phi) is 5.65. The van der Waals surface area contributed by atoms with Crippen molar-refractivity contribution in [2.75, 3.05) is 6.61 Å². The van der Waals surface area contributed by atoms with Crippen molar-refractivity contribution in [1.29, 1.82) is 5.26 Å². The standard InChI is InChI=1S/C27H30N2O3/c28-15-7-1-6-14-27(31)16-19-12-13-20(17-27)29(19)26(30)32-18-25-23-10-4-2-8-21(23)22-9-3-5-11-24(22)25/h2-5,8-11,19-20,25,31H,1,6-7,12-14,16-18H2. The number of nitriles is 1. The summed E-state index contributed by atoms with van der Waals surface area (Å²) < 4.78 is 5.91. The Balaban J connectivity index is 1.24. The predicted molar refractivity (Wildman–Crippen MR) is 122 cm³/mol. The van der Waals surface area contributed by atoms with Crippen molar-refractivity contribution in [3.63, 3.8) is 0 Å². The zero-order chi connectivity index (χ0) is 22.1. The molecular formula is C27H30N2O3. The third kappa shape index (κ3) is 3.78. The molecule has 0 radical (unpaired) electrons. The maximum absolute atomic E-state index is 13.1. The number of carbonyl (C=O) groups excluding carboxylic acids is 1. The van der Waals surface area contributed by atoms with Crippen LogP contribution in [-0.4, -0.2) is 40.4 Å². The first-order chi connectivity index (χ1) is 15.6. The minimum absolute atomic E-state index is 0.0466. The molecule has 2 atom stereocenters. The molecule has 2 fully saturated rings. The zero-order valence-corrected chi connectivity index (χ0v) is 18.4. The van der Waals surface area contributed by atoms with Gasteiger partial charge in [0.15, 0.2) is 0 Å². The fraction of sp³-hybridized carbons (Fsp3) is 0.481. The van der Waals surface area contributed by atoms with Crippen LogP contribution in [0, 0.1) is 11.3 Å². The maximum atomic E-state index is 13.1. The number of rotatable bonds is 6. The van der Waals surface area contributed by atoms with E-state index >= 15 is 0 Å². The van der Waals surface area contributed by atoms with E-state index in [9.17, 15) is 9.90 Å². The van der Waals surface area contributed by atoms with Gasteiger partial charge in [-0.2, -0.15) is 5.26 Å². The van der Waals surface area contributed by atoms with Crippen molar-refractivity contribution in [3.8, 4) is 17.2 Å². The van der Waals surface area contributed by atoms with Gasteiger partial charge in [-0.05, 0) is 67.2 Å². The van der Waals surface area contributed by atoms with Gasteiger partial charge in [0.05, 0.1) is 11.7 Å². The number of carbonyl (C=O) groups is 1. The first-order valence-corrected chi connectivity index (χ1v) is 11.8. The van der Waals surface area contributed by atoms with Crippen molar-refractivity contribution in [3.05, 3.63) is 59.7 Å². The summed E-state index contributed by atoms with van der Waals surface area (Å²) in [7, 11) is 0. The van der Waals surface area contributed by atoms with Crippen molar-refractivity contribution >= 4 is 6.09 Å². The minimum atomic E-state index is -0.721. The van der Waals surface area contributed by atoms with E-state index in [1.165, 1.54) is 22.3 Å². The monoisotopic (exact) mass is 430 g/mol.